The number of nitrogens with zero attached hydrogens (tertiary/aromatic N) is 2. The molecule has 2 N–H and O–H groups in total. The van der Waals surface area contributed by atoms with Gasteiger partial charge in [-0.15, -0.1) is 0 Å². The number of aromatic nitrogens is 1. The van der Waals surface area contributed by atoms with Gasteiger partial charge >= 0.3 is 6.03 Å². The van der Waals surface area contributed by atoms with Crippen LogP contribution in [0.2, 0.25) is 0 Å². The third-order valence-corrected chi connectivity index (χ3v) is 3.29. The molecule has 8 heteroatoms. The first-order chi connectivity index (χ1) is 10.6. The predicted molar refractivity (Wildman–Crippen MR) is 79.5 cm³/mol. The number of urea groups is 1. The molecular weight excluding hydrogens is 288 g/mol. The topological polar surface area (TPSA) is 96.7 Å². The van der Waals surface area contributed by atoms with Crippen molar-refractivity contribution in [1.29, 1.82) is 0 Å². The van der Waals surface area contributed by atoms with Crippen LogP contribution in [0.3, 0.4) is 0 Å². The Bertz CT molecular complexity index is 511. The quantitative estimate of drug-likeness (QED) is 0.821. The standard InChI is InChI=1S/C14H22N4O4/c1-3-15-14(20)18(8-11-5-4-6-21-11)9-13(19)16-12-7-10(2)22-17-12/h7,11H,3-6,8-9H2,1-2H3,(H,15,20)(H,16,17,19). The second-order valence-electron chi connectivity index (χ2n) is 5.22. The van der Waals surface area contributed by atoms with E-state index in [4.69, 9.17) is 9.26 Å². The van der Waals surface area contributed by atoms with Gasteiger partial charge in [0.1, 0.15) is 12.3 Å². The van der Waals surface area contributed by atoms with Gasteiger partial charge in [0.25, 0.3) is 0 Å². The first kappa shape index (κ1) is 16.3. The van der Waals surface area contributed by atoms with Gasteiger partial charge in [-0.25, -0.2) is 4.79 Å². The summed E-state index contributed by atoms with van der Waals surface area (Å²) in [7, 11) is 0. The summed E-state index contributed by atoms with van der Waals surface area (Å²) in [6.45, 7) is 5.12. The van der Waals surface area contributed by atoms with E-state index >= 15 is 0 Å². The van der Waals surface area contributed by atoms with Crippen LogP contribution in [-0.2, 0) is 9.53 Å². The SMILES string of the molecule is CCNC(=O)N(CC(=O)Nc1cc(C)on1)CC1CCCO1. The Hall–Kier alpha value is -2.09. The van der Waals surface area contributed by atoms with Crippen LogP contribution in [-0.4, -0.2) is 54.3 Å². The lowest BCUT2D eigenvalue weighted by Gasteiger charge is -2.24. The number of aryl methyl sites for hydroxylation is 1. The first-order valence-electron chi connectivity index (χ1n) is 7.46. The van der Waals surface area contributed by atoms with Crippen molar-refractivity contribution in [3.05, 3.63) is 11.8 Å². The minimum Gasteiger partial charge on any atom is -0.376 e. The summed E-state index contributed by atoms with van der Waals surface area (Å²) < 4.78 is 10.4. The summed E-state index contributed by atoms with van der Waals surface area (Å²) in [6.07, 6.45) is 1.88. The molecule has 0 aromatic carbocycles. The van der Waals surface area contributed by atoms with Crippen LogP contribution < -0.4 is 10.6 Å². The van der Waals surface area contributed by atoms with Crippen molar-refractivity contribution in [1.82, 2.24) is 15.4 Å². The van der Waals surface area contributed by atoms with Gasteiger partial charge in [-0.1, -0.05) is 5.16 Å². The number of carbonyl (C=O) groups excluding carboxylic acids is 2. The molecule has 1 aliphatic heterocycles. The van der Waals surface area contributed by atoms with Crippen molar-refractivity contribution < 1.29 is 18.8 Å². The Morgan fingerprint density at radius 2 is 2.32 bits per heavy atom. The third kappa shape index (κ3) is 4.73. The third-order valence-electron chi connectivity index (χ3n) is 3.29. The number of nitrogens with one attached hydrogen (secondary N) is 2. The van der Waals surface area contributed by atoms with Gasteiger partial charge in [-0.2, -0.15) is 0 Å². The van der Waals surface area contributed by atoms with E-state index in [9.17, 15) is 9.59 Å². The first-order valence-corrected chi connectivity index (χ1v) is 7.46. The predicted octanol–water partition coefficient (Wildman–Crippen LogP) is 1.13. The molecule has 0 aliphatic carbocycles. The van der Waals surface area contributed by atoms with Crippen LogP contribution in [0.15, 0.2) is 10.6 Å². The number of rotatable bonds is 6. The average Bonchev–Trinajstić information content (AvgIpc) is 3.10. The van der Waals surface area contributed by atoms with E-state index < -0.39 is 0 Å². The van der Waals surface area contributed by atoms with E-state index in [2.05, 4.69) is 15.8 Å². The molecule has 8 nitrogen and oxygen atoms in total. The molecule has 0 saturated carbocycles. The maximum absolute atomic E-state index is 12.1. The second kappa shape index (κ2) is 7.79. The number of hydrogen-bond donors (Lipinski definition) is 2. The van der Waals surface area contributed by atoms with Crippen LogP contribution in [0.1, 0.15) is 25.5 Å². The van der Waals surface area contributed by atoms with Crippen molar-refractivity contribution in [3.63, 3.8) is 0 Å². The molecule has 1 aromatic rings. The molecule has 0 spiro atoms. The minimum absolute atomic E-state index is 0.00954. The lowest BCUT2D eigenvalue weighted by molar-refractivity contribution is -0.117. The maximum Gasteiger partial charge on any atom is 0.317 e. The van der Waals surface area contributed by atoms with Gasteiger partial charge in [-0.05, 0) is 26.7 Å². The molecule has 1 fully saturated rings. The smallest absolute Gasteiger partial charge is 0.317 e. The van der Waals surface area contributed by atoms with Crippen molar-refractivity contribution in [3.8, 4) is 0 Å². The monoisotopic (exact) mass is 310 g/mol. The Labute approximate surface area is 129 Å². The van der Waals surface area contributed by atoms with E-state index in [-0.39, 0.29) is 24.6 Å². The van der Waals surface area contributed by atoms with Gasteiger partial charge in [-0.3, -0.25) is 4.79 Å². The maximum atomic E-state index is 12.1. The van der Waals surface area contributed by atoms with Gasteiger partial charge in [0, 0.05) is 25.8 Å². The van der Waals surface area contributed by atoms with Gasteiger partial charge in [0.05, 0.1) is 6.10 Å². The van der Waals surface area contributed by atoms with E-state index in [1.165, 1.54) is 4.90 Å². The molecule has 22 heavy (non-hydrogen) atoms. The lowest BCUT2D eigenvalue weighted by atomic mass is 10.2. The zero-order valence-electron chi connectivity index (χ0n) is 12.9. The fraction of sp³-hybridized carbons (Fsp3) is 0.643. The number of anilines is 1. The number of ether oxygens (including phenoxy) is 1. The summed E-state index contributed by atoms with van der Waals surface area (Å²) in [6, 6.07) is 1.35. The minimum atomic E-state index is -0.322. The van der Waals surface area contributed by atoms with Crippen LogP contribution in [0.25, 0.3) is 0 Å². The zero-order valence-corrected chi connectivity index (χ0v) is 12.9. The highest BCUT2D eigenvalue weighted by molar-refractivity contribution is 5.93. The molecule has 1 aromatic heterocycles. The summed E-state index contributed by atoms with van der Waals surface area (Å²) in [5.74, 6) is 0.628. The molecular formula is C14H22N4O4. The summed E-state index contributed by atoms with van der Waals surface area (Å²) in [5, 5.41) is 9.02. The van der Waals surface area contributed by atoms with Gasteiger partial charge in [0.2, 0.25) is 5.91 Å². The van der Waals surface area contributed by atoms with E-state index in [1.54, 1.807) is 13.0 Å². The summed E-state index contributed by atoms with van der Waals surface area (Å²) in [5.41, 5.74) is 0. The van der Waals surface area contributed by atoms with E-state index in [0.717, 1.165) is 12.8 Å². The largest absolute Gasteiger partial charge is 0.376 e. The Morgan fingerprint density at radius 1 is 1.50 bits per heavy atom. The normalized spacial score (nSPS) is 17.3. The Kier molecular flexibility index (Phi) is 5.76. The molecule has 0 bridgehead atoms. The molecule has 122 valence electrons. The Morgan fingerprint density at radius 3 is 2.91 bits per heavy atom. The van der Waals surface area contributed by atoms with Crippen molar-refractivity contribution in [2.24, 2.45) is 0 Å². The molecule has 1 unspecified atom stereocenters. The molecule has 0 radical (unpaired) electrons. The molecule has 2 heterocycles. The number of hydrogen-bond acceptors (Lipinski definition) is 5. The fourth-order valence-corrected chi connectivity index (χ4v) is 2.30. The highest BCUT2D eigenvalue weighted by Gasteiger charge is 2.24. The molecule has 3 amide bonds. The molecule has 1 atom stereocenters. The molecule has 1 saturated heterocycles. The van der Waals surface area contributed by atoms with Crippen LogP contribution >= 0.6 is 0 Å². The van der Waals surface area contributed by atoms with Crippen LogP contribution in [0.4, 0.5) is 10.6 Å². The Balaban J connectivity index is 1.91. The number of amides is 3. The average molecular weight is 310 g/mol. The number of carbonyl (C=O) groups is 2. The highest BCUT2D eigenvalue weighted by Crippen LogP contribution is 2.14. The van der Waals surface area contributed by atoms with Crippen LogP contribution in [0.5, 0.6) is 0 Å². The summed E-state index contributed by atoms with van der Waals surface area (Å²) >= 11 is 0. The van der Waals surface area contributed by atoms with E-state index in [0.29, 0.717) is 31.3 Å². The second-order valence-corrected chi connectivity index (χ2v) is 5.22. The van der Waals surface area contributed by atoms with Crippen molar-refractivity contribution in [2.45, 2.75) is 32.8 Å². The lowest BCUT2D eigenvalue weighted by Crippen LogP contribution is -2.47. The highest BCUT2D eigenvalue weighted by atomic mass is 16.5. The molecule has 2 rings (SSSR count). The van der Waals surface area contributed by atoms with Crippen LogP contribution in [0, 0.1) is 6.92 Å². The summed E-state index contributed by atoms with van der Waals surface area (Å²) in [4.78, 5) is 25.6. The van der Waals surface area contributed by atoms with Crippen molar-refractivity contribution >= 4 is 17.8 Å². The fourth-order valence-electron chi connectivity index (χ4n) is 2.30. The molecule has 1 aliphatic rings. The van der Waals surface area contributed by atoms with Gasteiger partial charge < -0.3 is 24.8 Å². The zero-order chi connectivity index (χ0) is 15.9. The van der Waals surface area contributed by atoms with Crippen molar-refractivity contribution in [2.75, 3.05) is 31.6 Å². The van der Waals surface area contributed by atoms with Gasteiger partial charge in [0.15, 0.2) is 5.82 Å². The van der Waals surface area contributed by atoms with E-state index in [1.807, 2.05) is 6.92 Å².